The summed E-state index contributed by atoms with van der Waals surface area (Å²) in [6.45, 7) is 1.96. The molecule has 2 heterocycles. The topological polar surface area (TPSA) is 111 Å². The third-order valence-corrected chi connectivity index (χ3v) is 5.62. The zero-order chi connectivity index (χ0) is 19.8. The fraction of sp³-hybridized carbons (Fsp3) is 0.0556. The molecule has 0 aliphatic carbocycles. The summed E-state index contributed by atoms with van der Waals surface area (Å²) in [7, 11) is 0. The van der Waals surface area contributed by atoms with Crippen LogP contribution < -0.4 is 5.32 Å². The van der Waals surface area contributed by atoms with Gasteiger partial charge >= 0.3 is 6.01 Å². The van der Waals surface area contributed by atoms with Crippen LogP contribution in [0.15, 0.2) is 46.9 Å². The number of amides is 1. The lowest BCUT2D eigenvalue weighted by Crippen LogP contribution is -2.10. The van der Waals surface area contributed by atoms with Crippen molar-refractivity contribution in [2.24, 2.45) is 0 Å². The maximum Gasteiger partial charge on any atom is 0.322 e. The molecule has 0 radical (unpaired) electrons. The lowest BCUT2D eigenvalue weighted by molar-refractivity contribution is -0.384. The fourth-order valence-electron chi connectivity index (χ4n) is 2.59. The number of nitrogens with zero attached hydrogens (tertiary/aromatic N) is 3. The van der Waals surface area contributed by atoms with Crippen LogP contribution in [0.3, 0.4) is 0 Å². The number of carbonyl (C=O) groups excluding carboxylic acids is 1. The first-order valence-corrected chi connectivity index (χ1v) is 9.20. The number of benzene rings is 2. The number of halogens is 1. The number of aryl methyl sites for hydroxylation is 1. The zero-order valence-corrected chi connectivity index (χ0v) is 15.9. The first-order chi connectivity index (χ1) is 13.4. The number of anilines is 1. The predicted octanol–water partition coefficient (Wildman–Crippen LogP) is 5.07. The second-order valence-electron chi connectivity index (χ2n) is 5.92. The van der Waals surface area contributed by atoms with Crippen LogP contribution in [0.25, 0.3) is 21.5 Å². The van der Waals surface area contributed by atoms with E-state index in [2.05, 4.69) is 15.5 Å². The normalized spacial score (nSPS) is 10.9. The molecule has 2 aromatic heterocycles. The number of non-ortho nitro benzene ring substituents is 1. The Labute approximate surface area is 166 Å². The van der Waals surface area contributed by atoms with E-state index in [4.69, 9.17) is 16.0 Å². The lowest BCUT2D eigenvalue weighted by Gasteiger charge is -1.98. The molecule has 0 spiro atoms. The van der Waals surface area contributed by atoms with Crippen LogP contribution in [0, 0.1) is 17.0 Å². The van der Waals surface area contributed by atoms with Crippen molar-refractivity contribution in [3.63, 3.8) is 0 Å². The number of rotatable bonds is 4. The Kier molecular flexibility index (Phi) is 4.54. The van der Waals surface area contributed by atoms with E-state index < -0.39 is 10.8 Å². The maximum atomic E-state index is 12.6. The van der Waals surface area contributed by atoms with E-state index in [1.165, 1.54) is 35.6 Å². The standard InChI is InChI=1S/C18H11ClN4O4S/c1-9-2-7-12-13(8-9)28-15(14(12)19)16(24)20-18-22-21-17(27-18)10-3-5-11(6-4-10)23(25)26/h2-8H,1H3,(H,20,22,24). The van der Waals surface area contributed by atoms with Crippen LogP contribution in [0.5, 0.6) is 0 Å². The van der Waals surface area contributed by atoms with Gasteiger partial charge in [-0.15, -0.1) is 16.4 Å². The Morgan fingerprint density at radius 3 is 2.68 bits per heavy atom. The molecule has 1 N–H and O–H groups in total. The summed E-state index contributed by atoms with van der Waals surface area (Å²) >= 11 is 7.62. The molecule has 10 heteroatoms. The van der Waals surface area contributed by atoms with E-state index in [0.717, 1.165) is 15.6 Å². The minimum absolute atomic E-state index is 0.0496. The summed E-state index contributed by atoms with van der Waals surface area (Å²) in [5.74, 6) is -0.328. The van der Waals surface area contributed by atoms with Crippen LogP contribution in [-0.2, 0) is 0 Å². The average molecular weight is 415 g/mol. The van der Waals surface area contributed by atoms with Crippen molar-refractivity contribution in [1.29, 1.82) is 0 Å². The van der Waals surface area contributed by atoms with Crippen molar-refractivity contribution in [3.8, 4) is 11.5 Å². The molecule has 8 nitrogen and oxygen atoms in total. The van der Waals surface area contributed by atoms with E-state index in [0.29, 0.717) is 15.5 Å². The number of nitro benzene ring substituents is 1. The highest BCUT2D eigenvalue weighted by Gasteiger charge is 2.20. The first kappa shape index (κ1) is 18.1. The highest BCUT2D eigenvalue weighted by Crippen LogP contribution is 2.36. The van der Waals surface area contributed by atoms with Crippen LogP contribution in [0.2, 0.25) is 5.02 Å². The monoisotopic (exact) mass is 414 g/mol. The van der Waals surface area contributed by atoms with E-state index >= 15 is 0 Å². The van der Waals surface area contributed by atoms with Gasteiger partial charge < -0.3 is 4.42 Å². The molecule has 2 aromatic carbocycles. The Hall–Kier alpha value is -3.30. The van der Waals surface area contributed by atoms with Crippen LogP contribution in [-0.4, -0.2) is 21.0 Å². The van der Waals surface area contributed by atoms with Gasteiger partial charge in [0.1, 0.15) is 4.88 Å². The second kappa shape index (κ2) is 7.02. The molecular weight excluding hydrogens is 404 g/mol. The van der Waals surface area contributed by atoms with Crippen molar-refractivity contribution < 1.29 is 14.1 Å². The van der Waals surface area contributed by atoms with Crippen LogP contribution in [0.1, 0.15) is 15.2 Å². The third kappa shape index (κ3) is 3.32. The molecule has 0 unspecified atom stereocenters. The highest BCUT2D eigenvalue weighted by atomic mass is 35.5. The van der Waals surface area contributed by atoms with Gasteiger partial charge in [0.05, 0.1) is 9.95 Å². The first-order valence-electron chi connectivity index (χ1n) is 8.00. The van der Waals surface area contributed by atoms with E-state index in [1.807, 2.05) is 25.1 Å². The largest absolute Gasteiger partial charge is 0.403 e. The van der Waals surface area contributed by atoms with Gasteiger partial charge in [-0.05, 0) is 30.7 Å². The van der Waals surface area contributed by atoms with Gasteiger partial charge in [0.15, 0.2) is 0 Å². The van der Waals surface area contributed by atoms with E-state index in [-0.39, 0.29) is 17.6 Å². The molecule has 0 saturated carbocycles. The van der Waals surface area contributed by atoms with Crippen molar-refractivity contribution >= 4 is 50.6 Å². The Morgan fingerprint density at radius 1 is 1.21 bits per heavy atom. The number of thiophene rings is 1. The Morgan fingerprint density at radius 2 is 1.96 bits per heavy atom. The molecule has 0 bridgehead atoms. The molecule has 4 aromatic rings. The zero-order valence-electron chi connectivity index (χ0n) is 14.3. The maximum absolute atomic E-state index is 12.6. The summed E-state index contributed by atoms with van der Waals surface area (Å²) in [4.78, 5) is 23.1. The highest BCUT2D eigenvalue weighted by molar-refractivity contribution is 7.21. The molecule has 0 aliphatic heterocycles. The number of carbonyl (C=O) groups is 1. The predicted molar refractivity (Wildman–Crippen MR) is 106 cm³/mol. The van der Waals surface area contributed by atoms with Gasteiger partial charge in [-0.1, -0.05) is 28.8 Å². The molecule has 28 heavy (non-hydrogen) atoms. The summed E-state index contributed by atoms with van der Waals surface area (Å²) in [5.41, 5.74) is 1.52. The summed E-state index contributed by atoms with van der Waals surface area (Å²) in [6.07, 6.45) is 0. The van der Waals surface area contributed by atoms with Crippen LogP contribution in [0.4, 0.5) is 11.7 Å². The third-order valence-electron chi connectivity index (χ3n) is 3.96. The van der Waals surface area contributed by atoms with Gasteiger partial charge in [-0.2, -0.15) is 0 Å². The lowest BCUT2D eigenvalue weighted by atomic mass is 10.2. The van der Waals surface area contributed by atoms with Crippen molar-refractivity contribution in [1.82, 2.24) is 10.2 Å². The van der Waals surface area contributed by atoms with Gasteiger partial charge in [-0.3, -0.25) is 20.2 Å². The number of aromatic nitrogens is 2. The number of fused-ring (bicyclic) bond motifs is 1. The van der Waals surface area contributed by atoms with Crippen molar-refractivity contribution in [3.05, 3.63) is 68.0 Å². The summed E-state index contributed by atoms with van der Waals surface area (Å²) in [6, 6.07) is 11.3. The van der Waals surface area contributed by atoms with Crippen molar-refractivity contribution in [2.45, 2.75) is 6.92 Å². The number of hydrogen-bond donors (Lipinski definition) is 1. The van der Waals surface area contributed by atoms with E-state index in [9.17, 15) is 14.9 Å². The molecule has 0 atom stereocenters. The Balaban J connectivity index is 1.56. The average Bonchev–Trinajstić information content (AvgIpc) is 3.26. The molecule has 0 saturated heterocycles. The molecule has 140 valence electrons. The van der Waals surface area contributed by atoms with Crippen molar-refractivity contribution in [2.75, 3.05) is 5.32 Å². The summed E-state index contributed by atoms with van der Waals surface area (Å²) in [5, 5.41) is 22.1. The smallest absolute Gasteiger partial charge is 0.322 e. The molecule has 1 amide bonds. The van der Waals surface area contributed by atoms with Gasteiger partial charge in [0.25, 0.3) is 11.6 Å². The second-order valence-corrected chi connectivity index (χ2v) is 7.35. The van der Waals surface area contributed by atoms with Gasteiger partial charge in [0.2, 0.25) is 5.89 Å². The van der Waals surface area contributed by atoms with E-state index in [1.54, 1.807) is 0 Å². The van der Waals surface area contributed by atoms with Crippen LogP contribution >= 0.6 is 22.9 Å². The fourth-order valence-corrected chi connectivity index (χ4v) is 4.10. The molecule has 4 rings (SSSR count). The summed E-state index contributed by atoms with van der Waals surface area (Å²) < 4.78 is 6.34. The minimum Gasteiger partial charge on any atom is -0.403 e. The molecular formula is C18H11ClN4O4S. The quantitative estimate of drug-likeness (QED) is 0.368. The Bertz CT molecular complexity index is 1220. The number of nitro groups is 1. The molecule has 0 fully saturated rings. The van der Waals surface area contributed by atoms with Gasteiger partial charge in [-0.25, -0.2) is 0 Å². The SMILES string of the molecule is Cc1ccc2c(Cl)c(C(=O)Nc3nnc(-c4ccc([N+](=O)[O-])cc4)o3)sc2c1. The number of nitrogens with one attached hydrogen (secondary N) is 1. The molecule has 0 aliphatic rings. The number of hydrogen-bond acceptors (Lipinski definition) is 7. The minimum atomic E-state index is -0.501. The van der Waals surface area contributed by atoms with Gasteiger partial charge in [0, 0.05) is 27.8 Å².